The lowest BCUT2D eigenvalue weighted by Gasteiger charge is -2.35. The van der Waals surface area contributed by atoms with Crippen molar-refractivity contribution in [3.05, 3.63) is 12.2 Å². The van der Waals surface area contributed by atoms with E-state index in [-0.39, 0.29) is 6.10 Å². The van der Waals surface area contributed by atoms with Gasteiger partial charge in [0.05, 0.1) is 6.10 Å². The molecule has 1 N–H and O–H groups in total. The van der Waals surface area contributed by atoms with Crippen LogP contribution in [0.15, 0.2) is 12.2 Å². The van der Waals surface area contributed by atoms with E-state index in [2.05, 4.69) is 24.0 Å². The fourth-order valence-corrected chi connectivity index (χ4v) is 2.20. The average molecular weight is 197 g/mol. The first-order valence-electron chi connectivity index (χ1n) is 5.77. The SMILES string of the molecule is C/C=C/CN1CCCCC1CC(C)O. The number of rotatable bonds is 4. The topological polar surface area (TPSA) is 23.5 Å². The van der Waals surface area contributed by atoms with Gasteiger partial charge in [-0.1, -0.05) is 18.6 Å². The van der Waals surface area contributed by atoms with Crippen LogP contribution in [0.25, 0.3) is 0 Å². The zero-order valence-corrected chi connectivity index (χ0v) is 9.45. The second kappa shape index (κ2) is 6.20. The summed E-state index contributed by atoms with van der Waals surface area (Å²) in [7, 11) is 0. The number of aliphatic hydroxyl groups is 1. The van der Waals surface area contributed by atoms with Crippen LogP contribution < -0.4 is 0 Å². The smallest absolute Gasteiger partial charge is 0.0527 e. The Morgan fingerprint density at radius 3 is 2.93 bits per heavy atom. The predicted molar refractivity (Wildman–Crippen MR) is 60.3 cm³/mol. The van der Waals surface area contributed by atoms with E-state index in [1.165, 1.54) is 25.8 Å². The lowest BCUT2D eigenvalue weighted by atomic mass is 9.97. The number of piperidine rings is 1. The quantitative estimate of drug-likeness (QED) is 0.698. The number of aliphatic hydroxyl groups excluding tert-OH is 1. The molecule has 2 unspecified atom stereocenters. The predicted octanol–water partition coefficient (Wildman–Crippen LogP) is 2.19. The minimum Gasteiger partial charge on any atom is -0.393 e. The summed E-state index contributed by atoms with van der Waals surface area (Å²) in [6.07, 6.45) is 8.97. The van der Waals surface area contributed by atoms with Crippen molar-refractivity contribution in [2.75, 3.05) is 13.1 Å². The second-order valence-electron chi connectivity index (χ2n) is 4.30. The van der Waals surface area contributed by atoms with E-state index in [1.807, 2.05) is 6.92 Å². The van der Waals surface area contributed by atoms with E-state index >= 15 is 0 Å². The van der Waals surface area contributed by atoms with Gasteiger partial charge in [-0.25, -0.2) is 0 Å². The molecule has 0 aromatic carbocycles. The van der Waals surface area contributed by atoms with Gasteiger partial charge >= 0.3 is 0 Å². The molecule has 2 atom stereocenters. The fraction of sp³-hybridized carbons (Fsp3) is 0.833. The van der Waals surface area contributed by atoms with Gasteiger partial charge in [-0.15, -0.1) is 0 Å². The van der Waals surface area contributed by atoms with Gasteiger partial charge in [0.2, 0.25) is 0 Å². The van der Waals surface area contributed by atoms with Crippen LogP contribution >= 0.6 is 0 Å². The highest BCUT2D eigenvalue weighted by atomic mass is 16.3. The summed E-state index contributed by atoms with van der Waals surface area (Å²) in [6, 6.07) is 0.597. The largest absolute Gasteiger partial charge is 0.393 e. The molecule has 82 valence electrons. The van der Waals surface area contributed by atoms with Crippen LogP contribution in [0.4, 0.5) is 0 Å². The highest BCUT2D eigenvalue weighted by molar-refractivity contribution is 4.86. The Labute approximate surface area is 87.6 Å². The van der Waals surface area contributed by atoms with Crippen molar-refractivity contribution in [1.82, 2.24) is 4.90 Å². The maximum absolute atomic E-state index is 9.40. The Hall–Kier alpha value is -0.340. The van der Waals surface area contributed by atoms with Crippen molar-refractivity contribution in [1.29, 1.82) is 0 Å². The Morgan fingerprint density at radius 1 is 1.50 bits per heavy atom. The standard InChI is InChI=1S/C12H23NO/c1-3-4-8-13-9-6-5-7-12(13)10-11(2)14/h3-4,11-12,14H,5-10H2,1-2H3/b4-3+. The molecule has 2 heteroatoms. The minimum atomic E-state index is -0.161. The van der Waals surface area contributed by atoms with Crippen molar-refractivity contribution < 1.29 is 5.11 Å². The van der Waals surface area contributed by atoms with E-state index in [0.29, 0.717) is 6.04 Å². The van der Waals surface area contributed by atoms with Crippen molar-refractivity contribution in [2.24, 2.45) is 0 Å². The molecular formula is C12H23NO. The molecule has 1 heterocycles. The summed E-state index contributed by atoms with van der Waals surface area (Å²) in [5.41, 5.74) is 0. The highest BCUT2D eigenvalue weighted by Crippen LogP contribution is 2.20. The van der Waals surface area contributed by atoms with Crippen LogP contribution in [0.3, 0.4) is 0 Å². The summed E-state index contributed by atoms with van der Waals surface area (Å²) < 4.78 is 0. The first kappa shape index (κ1) is 11.7. The zero-order chi connectivity index (χ0) is 10.4. The van der Waals surface area contributed by atoms with E-state index in [4.69, 9.17) is 0 Å². The number of likely N-dealkylation sites (tertiary alicyclic amines) is 1. The summed E-state index contributed by atoms with van der Waals surface area (Å²) in [4.78, 5) is 2.50. The van der Waals surface area contributed by atoms with Gasteiger partial charge in [0.25, 0.3) is 0 Å². The van der Waals surface area contributed by atoms with Crippen LogP contribution in [0.1, 0.15) is 39.5 Å². The molecular weight excluding hydrogens is 174 g/mol. The molecule has 1 fully saturated rings. The molecule has 0 aliphatic carbocycles. The Balaban J connectivity index is 2.41. The van der Waals surface area contributed by atoms with Crippen molar-refractivity contribution in [2.45, 2.75) is 51.7 Å². The van der Waals surface area contributed by atoms with Crippen LogP contribution in [0.2, 0.25) is 0 Å². The second-order valence-corrected chi connectivity index (χ2v) is 4.30. The summed E-state index contributed by atoms with van der Waals surface area (Å²) >= 11 is 0. The Bertz CT molecular complexity index is 177. The Morgan fingerprint density at radius 2 is 2.29 bits per heavy atom. The number of nitrogens with zero attached hydrogens (tertiary/aromatic N) is 1. The fourth-order valence-electron chi connectivity index (χ4n) is 2.20. The molecule has 0 amide bonds. The van der Waals surface area contributed by atoms with Gasteiger partial charge in [-0.05, 0) is 39.7 Å². The van der Waals surface area contributed by atoms with E-state index in [0.717, 1.165) is 13.0 Å². The van der Waals surface area contributed by atoms with Crippen LogP contribution in [0.5, 0.6) is 0 Å². The first-order valence-corrected chi connectivity index (χ1v) is 5.77. The molecule has 0 aromatic heterocycles. The van der Waals surface area contributed by atoms with Gasteiger partial charge in [0.1, 0.15) is 0 Å². The molecule has 0 bridgehead atoms. The molecule has 14 heavy (non-hydrogen) atoms. The molecule has 1 saturated heterocycles. The van der Waals surface area contributed by atoms with Gasteiger partial charge in [0.15, 0.2) is 0 Å². The maximum Gasteiger partial charge on any atom is 0.0527 e. The lowest BCUT2D eigenvalue weighted by Crippen LogP contribution is -2.41. The Kier molecular flexibility index (Phi) is 5.20. The van der Waals surface area contributed by atoms with Crippen LogP contribution in [-0.2, 0) is 0 Å². The molecule has 1 rings (SSSR count). The normalized spacial score (nSPS) is 26.9. The van der Waals surface area contributed by atoms with Gasteiger partial charge < -0.3 is 5.11 Å². The third kappa shape index (κ3) is 3.81. The molecule has 0 aromatic rings. The molecule has 0 spiro atoms. The number of allylic oxidation sites excluding steroid dienone is 1. The van der Waals surface area contributed by atoms with Crippen LogP contribution in [-0.4, -0.2) is 35.2 Å². The molecule has 0 radical (unpaired) electrons. The number of hydrogen-bond acceptors (Lipinski definition) is 2. The van der Waals surface area contributed by atoms with Crippen molar-refractivity contribution >= 4 is 0 Å². The van der Waals surface area contributed by atoms with Crippen molar-refractivity contribution in [3.63, 3.8) is 0 Å². The minimum absolute atomic E-state index is 0.161. The molecule has 2 nitrogen and oxygen atoms in total. The monoisotopic (exact) mass is 197 g/mol. The summed E-state index contributed by atoms with van der Waals surface area (Å²) in [6.45, 7) is 6.20. The van der Waals surface area contributed by atoms with Gasteiger partial charge in [0, 0.05) is 12.6 Å². The summed E-state index contributed by atoms with van der Waals surface area (Å²) in [5.74, 6) is 0. The lowest BCUT2D eigenvalue weighted by molar-refractivity contribution is 0.0952. The van der Waals surface area contributed by atoms with E-state index in [9.17, 15) is 5.11 Å². The average Bonchev–Trinajstić information content (AvgIpc) is 2.16. The van der Waals surface area contributed by atoms with E-state index < -0.39 is 0 Å². The maximum atomic E-state index is 9.40. The third-order valence-corrected chi connectivity index (χ3v) is 2.94. The highest BCUT2D eigenvalue weighted by Gasteiger charge is 2.22. The molecule has 1 aliphatic rings. The van der Waals surface area contributed by atoms with Gasteiger partial charge in [-0.3, -0.25) is 4.90 Å². The van der Waals surface area contributed by atoms with E-state index in [1.54, 1.807) is 0 Å². The first-order chi connectivity index (χ1) is 6.74. The molecule has 1 aliphatic heterocycles. The summed E-state index contributed by atoms with van der Waals surface area (Å²) in [5, 5.41) is 9.40. The third-order valence-electron chi connectivity index (χ3n) is 2.94. The van der Waals surface area contributed by atoms with Crippen LogP contribution in [0, 0.1) is 0 Å². The van der Waals surface area contributed by atoms with Gasteiger partial charge in [-0.2, -0.15) is 0 Å². The number of hydrogen-bond donors (Lipinski definition) is 1. The molecule has 0 saturated carbocycles. The van der Waals surface area contributed by atoms with Crippen molar-refractivity contribution in [3.8, 4) is 0 Å². The zero-order valence-electron chi connectivity index (χ0n) is 9.45.